The van der Waals surface area contributed by atoms with Crippen molar-refractivity contribution in [2.75, 3.05) is 0 Å². The third-order valence-corrected chi connectivity index (χ3v) is 2.18. The molecule has 0 aromatic heterocycles. The normalized spacial score (nSPS) is 10.8. The quantitative estimate of drug-likeness (QED) is 0.643. The molecule has 0 heterocycles. The number of halogens is 5. The average molecular weight is 342 g/mol. The molecule has 0 aliphatic rings. The van der Waals surface area contributed by atoms with Crippen molar-refractivity contribution in [2.45, 2.75) is 0 Å². The molecule has 0 spiro atoms. The fourth-order valence-electron chi connectivity index (χ4n) is 0.764. The zero-order valence-electron chi connectivity index (χ0n) is 6.70. The van der Waals surface area contributed by atoms with Crippen LogP contribution in [0.1, 0.15) is 0 Å². The van der Waals surface area contributed by atoms with Gasteiger partial charge in [0, 0.05) is 8.95 Å². The van der Waals surface area contributed by atoms with Crippen molar-refractivity contribution in [1.82, 2.24) is 0 Å². The van der Waals surface area contributed by atoms with Gasteiger partial charge in [0.1, 0.15) is 0 Å². The molecule has 0 nitrogen and oxygen atoms in total. The van der Waals surface area contributed by atoms with E-state index in [2.05, 4.69) is 31.9 Å². The van der Waals surface area contributed by atoms with Crippen molar-refractivity contribution in [3.63, 3.8) is 0 Å². The van der Waals surface area contributed by atoms with Gasteiger partial charge >= 0.3 is 58.4 Å². The van der Waals surface area contributed by atoms with E-state index < -0.39 is 12.4 Å². The summed E-state index contributed by atoms with van der Waals surface area (Å²) in [5.41, 5.74) is -0.601. The molecule has 1 aromatic rings. The summed E-state index contributed by atoms with van der Waals surface area (Å²) in [6.07, 6.45) is 0. The van der Waals surface area contributed by atoms with Gasteiger partial charge in [0.25, 0.3) is 0 Å². The molecule has 0 saturated heterocycles. The van der Waals surface area contributed by atoms with Crippen LogP contribution in [0.2, 0.25) is 0 Å². The molecule has 1 rings (SSSR count). The summed E-state index contributed by atoms with van der Waals surface area (Å²) in [6, 6.07) is 3.68. The Morgan fingerprint density at radius 1 is 0.923 bits per heavy atom. The topological polar surface area (TPSA) is 0 Å². The van der Waals surface area contributed by atoms with Gasteiger partial charge < -0.3 is 12.9 Å². The van der Waals surface area contributed by atoms with E-state index in [1.54, 1.807) is 6.07 Å². The second-order valence-corrected chi connectivity index (χ2v) is 4.11. The van der Waals surface area contributed by atoms with Crippen LogP contribution in [0.4, 0.5) is 12.9 Å². The fraction of sp³-hybridized carbons (Fsp3) is 0. The molecule has 0 radical (unpaired) electrons. The van der Waals surface area contributed by atoms with Crippen LogP contribution in [0.25, 0.3) is 0 Å². The van der Waals surface area contributed by atoms with Crippen LogP contribution >= 0.6 is 31.9 Å². The Labute approximate surface area is 133 Å². The van der Waals surface area contributed by atoms with Crippen LogP contribution in [0.5, 0.6) is 0 Å². The minimum Gasteiger partial charge on any atom is -0.445 e. The monoisotopic (exact) mass is 340 g/mol. The van der Waals surface area contributed by atoms with Gasteiger partial charge in [-0.15, -0.1) is 5.46 Å². The Balaban J connectivity index is 0.00000144. The molecule has 0 amide bonds. The van der Waals surface area contributed by atoms with Crippen LogP contribution in [0, 0.1) is 0 Å². The molecule has 7 heteroatoms. The van der Waals surface area contributed by atoms with Crippen molar-refractivity contribution >= 4 is 44.3 Å². The SMILES string of the molecule is F[B-](F)(F)c1cc(Br)cc(Br)c1.[K+]. The van der Waals surface area contributed by atoms with E-state index in [9.17, 15) is 12.9 Å². The minimum absolute atomic E-state index is 0. The van der Waals surface area contributed by atoms with Crippen LogP contribution in [0.15, 0.2) is 27.1 Å². The Hall–Kier alpha value is 1.67. The van der Waals surface area contributed by atoms with Crippen molar-refractivity contribution in [3.8, 4) is 0 Å². The van der Waals surface area contributed by atoms with Crippen LogP contribution in [-0.4, -0.2) is 6.98 Å². The van der Waals surface area contributed by atoms with Gasteiger partial charge in [-0.2, -0.15) is 0 Å². The van der Waals surface area contributed by atoms with Gasteiger partial charge in [-0.25, -0.2) is 0 Å². The molecule has 0 atom stereocenters. The standard InChI is InChI=1S/C6H3BBr2F3.K/c8-5-1-4(7(10,11)12)2-6(9)3-5;/h1-3H;/q-1;+1. The summed E-state index contributed by atoms with van der Waals surface area (Å²) in [5.74, 6) is 0. The van der Waals surface area contributed by atoms with Crippen molar-refractivity contribution in [2.24, 2.45) is 0 Å². The van der Waals surface area contributed by atoms with Gasteiger partial charge in [0.2, 0.25) is 0 Å². The molecule has 0 fully saturated rings. The van der Waals surface area contributed by atoms with Crippen molar-refractivity contribution in [1.29, 1.82) is 0 Å². The molecule has 0 aliphatic heterocycles. The number of hydrogen-bond donors (Lipinski definition) is 0. The molecule has 66 valence electrons. The zero-order valence-corrected chi connectivity index (χ0v) is 13.0. The first kappa shape index (κ1) is 14.7. The number of hydrogen-bond acceptors (Lipinski definition) is 0. The van der Waals surface area contributed by atoms with Crippen LogP contribution in [0.3, 0.4) is 0 Å². The van der Waals surface area contributed by atoms with E-state index in [1.807, 2.05) is 0 Å². The predicted octanol–water partition coefficient (Wildman–Crippen LogP) is 0.270. The summed E-state index contributed by atoms with van der Waals surface area (Å²) in [4.78, 5) is 0. The smallest absolute Gasteiger partial charge is 0.445 e. The fourth-order valence-corrected chi connectivity index (χ4v) is 2.09. The van der Waals surface area contributed by atoms with Gasteiger partial charge in [-0.3, -0.25) is 0 Å². The second kappa shape index (κ2) is 5.67. The first-order chi connectivity index (χ1) is 5.39. The molecule has 0 bridgehead atoms. The van der Waals surface area contributed by atoms with E-state index >= 15 is 0 Å². The van der Waals surface area contributed by atoms with Crippen molar-refractivity contribution in [3.05, 3.63) is 27.1 Å². The molecular weight excluding hydrogens is 339 g/mol. The molecule has 0 unspecified atom stereocenters. The molecule has 0 N–H and O–H groups in total. The molecule has 1 aromatic carbocycles. The maximum atomic E-state index is 12.2. The Bertz CT molecular complexity index is 282. The molecular formula is C6H3BBr2F3K. The molecule has 13 heavy (non-hydrogen) atoms. The zero-order chi connectivity index (χ0) is 9.35. The van der Waals surface area contributed by atoms with Crippen LogP contribution in [-0.2, 0) is 0 Å². The van der Waals surface area contributed by atoms with Crippen molar-refractivity contribution < 1.29 is 64.3 Å². The third kappa shape index (κ3) is 4.81. The number of benzene rings is 1. The second-order valence-electron chi connectivity index (χ2n) is 2.28. The summed E-state index contributed by atoms with van der Waals surface area (Å²) in [7, 11) is 0. The molecule has 0 saturated carbocycles. The van der Waals surface area contributed by atoms with Gasteiger partial charge in [-0.05, 0) is 6.07 Å². The third-order valence-electron chi connectivity index (χ3n) is 1.26. The van der Waals surface area contributed by atoms with E-state index in [1.165, 1.54) is 0 Å². The predicted molar refractivity (Wildman–Crippen MR) is 50.6 cm³/mol. The maximum Gasteiger partial charge on any atom is 1.00 e. The van der Waals surface area contributed by atoms with E-state index in [-0.39, 0.29) is 51.4 Å². The number of rotatable bonds is 1. The molecule has 0 aliphatic carbocycles. The average Bonchev–Trinajstić information content (AvgIpc) is 1.82. The Morgan fingerprint density at radius 3 is 1.62 bits per heavy atom. The summed E-state index contributed by atoms with van der Waals surface area (Å²) in [5, 5.41) is 0. The first-order valence-corrected chi connectivity index (χ1v) is 4.64. The minimum atomic E-state index is -4.90. The van der Waals surface area contributed by atoms with Crippen LogP contribution < -0.4 is 56.8 Å². The Morgan fingerprint density at radius 2 is 1.31 bits per heavy atom. The van der Waals surface area contributed by atoms with Gasteiger partial charge in [-0.1, -0.05) is 44.0 Å². The first-order valence-electron chi connectivity index (χ1n) is 3.05. The maximum absolute atomic E-state index is 12.2. The van der Waals surface area contributed by atoms with E-state index in [0.717, 1.165) is 12.1 Å². The Kier molecular flexibility index (Phi) is 6.40. The van der Waals surface area contributed by atoms with Gasteiger partial charge in [0.05, 0.1) is 0 Å². The van der Waals surface area contributed by atoms with E-state index in [0.29, 0.717) is 8.95 Å². The summed E-state index contributed by atoms with van der Waals surface area (Å²) in [6.45, 7) is -4.90. The van der Waals surface area contributed by atoms with E-state index in [4.69, 9.17) is 0 Å². The summed E-state index contributed by atoms with van der Waals surface area (Å²) < 4.78 is 37.4. The van der Waals surface area contributed by atoms with Gasteiger partial charge in [0.15, 0.2) is 0 Å². The summed E-state index contributed by atoms with van der Waals surface area (Å²) >= 11 is 5.97. The largest absolute Gasteiger partial charge is 1.00 e.